The summed E-state index contributed by atoms with van der Waals surface area (Å²) in [6.45, 7) is 3.27. The summed E-state index contributed by atoms with van der Waals surface area (Å²) in [4.78, 5) is 20.4. The zero-order valence-corrected chi connectivity index (χ0v) is 14.0. The topological polar surface area (TPSA) is 75.4 Å². The van der Waals surface area contributed by atoms with Gasteiger partial charge in [-0.3, -0.25) is 4.79 Å². The first-order valence-electron chi connectivity index (χ1n) is 8.41. The van der Waals surface area contributed by atoms with Crippen molar-refractivity contribution < 1.29 is 9.21 Å². The lowest BCUT2D eigenvalue weighted by Crippen LogP contribution is -2.60. The van der Waals surface area contributed by atoms with Crippen molar-refractivity contribution in [2.24, 2.45) is 0 Å². The fourth-order valence-electron chi connectivity index (χ4n) is 3.33. The third-order valence-corrected chi connectivity index (χ3v) is 4.95. The number of carbonyl (C=O) groups excluding carboxylic acids is 1. The summed E-state index contributed by atoms with van der Waals surface area (Å²) in [5.74, 6) is 1.32. The van der Waals surface area contributed by atoms with Gasteiger partial charge >= 0.3 is 0 Å². The minimum absolute atomic E-state index is 0.104. The molecule has 0 spiro atoms. The molecule has 0 radical (unpaired) electrons. The number of aromatic nitrogens is 3. The summed E-state index contributed by atoms with van der Waals surface area (Å²) in [5, 5.41) is 8.74. The molecule has 1 saturated heterocycles. The maximum atomic E-state index is 12.4. The van der Waals surface area contributed by atoms with E-state index in [2.05, 4.69) is 26.1 Å². The zero-order chi connectivity index (χ0) is 16.7. The second-order valence-corrected chi connectivity index (χ2v) is 6.61. The van der Waals surface area contributed by atoms with E-state index < -0.39 is 0 Å². The molecule has 2 aromatic heterocycles. The van der Waals surface area contributed by atoms with Crippen LogP contribution in [0.2, 0.25) is 0 Å². The molecule has 24 heavy (non-hydrogen) atoms. The van der Waals surface area contributed by atoms with Gasteiger partial charge in [-0.25, -0.2) is 4.98 Å². The van der Waals surface area contributed by atoms with Gasteiger partial charge in [0.1, 0.15) is 6.26 Å². The Labute approximate surface area is 140 Å². The van der Waals surface area contributed by atoms with Crippen LogP contribution in [0.4, 0.5) is 5.82 Å². The van der Waals surface area contributed by atoms with Gasteiger partial charge in [0.05, 0.1) is 11.7 Å². The first-order chi connectivity index (χ1) is 11.6. The maximum absolute atomic E-state index is 12.4. The zero-order valence-electron chi connectivity index (χ0n) is 14.0. The molecular formula is C17H21N5O2. The van der Waals surface area contributed by atoms with E-state index >= 15 is 0 Å². The highest BCUT2D eigenvalue weighted by Gasteiger charge is 2.34. The van der Waals surface area contributed by atoms with Crippen molar-refractivity contribution in [3.8, 4) is 0 Å². The van der Waals surface area contributed by atoms with Crippen LogP contribution in [0, 0.1) is 6.92 Å². The van der Waals surface area contributed by atoms with E-state index in [0.29, 0.717) is 11.6 Å². The molecule has 7 nitrogen and oxygen atoms in total. The van der Waals surface area contributed by atoms with Crippen molar-refractivity contribution in [3.63, 3.8) is 0 Å². The number of oxazole rings is 1. The van der Waals surface area contributed by atoms with E-state index in [-0.39, 0.29) is 11.9 Å². The predicted molar refractivity (Wildman–Crippen MR) is 88.0 cm³/mol. The van der Waals surface area contributed by atoms with Crippen LogP contribution in [-0.2, 0) is 12.8 Å². The van der Waals surface area contributed by atoms with Crippen molar-refractivity contribution in [1.29, 1.82) is 0 Å². The number of rotatable bonds is 3. The summed E-state index contributed by atoms with van der Waals surface area (Å²) >= 11 is 0. The fraction of sp³-hybridized carbons (Fsp3) is 0.529. The molecule has 4 rings (SSSR count). The normalized spacial score (nSPS) is 17.3. The van der Waals surface area contributed by atoms with Gasteiger partial charge in [0.2, 0.25) is 0 Å². The van der Waals surface area contributed by atoms with Gasteiger partial charge < -0.3 is 14.2 Å². The summed E-state index contributed by atoms with van der Waals surface area (Å²) in [6, 6.07) is 2.33. The molecule has 7 heteroatoms. The minimum atomic E-state index is -0.104. The molecule has 0 saturated carbocycles. The lowest BCUT2D eigenvalue weighted by Gasteiger charge is -2.44. The number of hydrogen-bond donors (Lipinski definition) is 0. The Morgan fingerprint density at radius 1 is 1.29 bits per heavy atom. The Hall–Kier alpha value is -2.44. The van der Waals surface area contributed by atoms with Crippen LogP contribution in [-0.4, -0.2) is 52.2 Å². The predicted octanol–water partition coefficient (Wildman–Crippen LogP) is 1.61. The van der Waals surface area contributed by atoms with E-state index in [9.17, 15) is 4.79 Å². The van der Waals surface area contributed by atoms with Crippen molar-refractivity contribution in [3.05, 3.63) is 35.2 Å². The first-order valence-corrected chi connectivity index (χ1v) is 8.41. The van der Waals surface area contributed by atoms with E-state index in [4.69, 9.17) is 4.42 Å². The van der Waals surface area contributed by atoms with Crippen LogP contribution >= 0.6 is 0 Å². The third kappa shape index (κ3) is 2.64. The molecule has 3 heterocycles. The highest BCUT2D eigenvalue weighted by molar-refractivity contribution is 5.92. The van der Waals surface area contributed by atoms with Crippen LogP contribution in [0.1, 0.15) is 40.5 Å². The van der Waals surface area contributed by atoms with Crippen LogP contribution in [0.3, 0.4) is 0 Å². The Morgan fingerprint density at radius 2 is 2.08 bits per heavy atom. The molecular weight excluding hydrogens is 306 g/mol. The molecule has 0 N–H and O–H groups in total. The summed E-state index contributed by atoms with van der Waals surface area (Å²) < 4.78 is 5.12. The molecule has 2 aliphatic rings. The number of fused-ring (bicyclic) bond motifs is 1. The monoisotopic (exact) mass is 327 g/mol. The second kappa shape index (κ2) is 5.89. The standard InChI is InChI=1S/C17H21N5O2/c1-11-18-15(10-24-11)17(23)21(2)13-8-22(9-13)16-7-12-5-3-4-6-14(12)19-20-16/h7,10,13H,3-6,8-9H2,1-2H3. The third-order valence-electron chi connectivity index (χ3n) is 4.95. The van der Waals surface area contributed by atoms with Gasteiger partial charge in [-0.2, -0.15) is 5.10 Å². The van der Waals surface area contributed by atoms with E-state index in [1.807, 2.05) is 7.05 Å². The smallest absolute Gasteiger partial charge is 0.275 e. The van der Waals surface area contributed by atoms with Gasteiger partial charge in [0.25, 0.3) is 5.91 Å². The number of hydrogen-bond acceptors (Lipinski definition) is 6. The average molecular weight is 327 g/mol. The molecule has 0 unspecified atom stereocenters. The molecule has 2 aromatic rings. The second-order valence-electron chi connectivity index (χ2n) is 6.61. The van der Waals surface area contributed by atoms with Crippen molar-refractivity contribution >= 4 is 11.7 Å². The van der Waals surface area contributed by atoms with Gasteiger partial charge in [0.15, 0.2) is 17.4 Å². The quantitative estimate of drug-likeness (QED) is 0.852. The maximum Gasteiger partial charge on any atom is 0.275 e. The highest BCUT2D eigenvalue weighted by Crippen LogP contribution is 2.26. The number of anilines is 1. The highest BCUT2D eigenvalue weighted by atomic mass is 16.3. The number of likely N-dealkylation sites (N-methyl/N-ethyl adjacent to an activating group) is 1. The molecule has 1 aliphatic heterocycles. The fourth-order valence-corrected chi connectivity index (χ4v) is 3.33. The molecule has 0 bridgehead atoms. The van der Waals surface area contributed by atoms with E-state index in [0.717, 1.165) is 37.4 Å². The number of aryl methyl sites for hydroxylation is 3. The van der Waals surface area contributed by atoms with Gasteiger partial charge in [-0.05, 0) is 37.3 Å². The lowest BCUT2D eigenvalue weighted by molar-refractivity contribution is 0.0699. The van der Waals surface area contributed by atoms with Crippen LogP contribution in [0.15, 0.2) is 16.7 Å². The largest absolute Gasteiger partial charge is 0.448 e. The first kappa shape index (κ1) is 15.1. The van der Waals surface area contributed by atoms with E-state index in [1.54, 1.807) is 11.8 Å². The molecule has 0 atom stereocenters. The minimum Gasteiger partial charge on any atom is -0.448 e. The Bertz CT molecular complexity index is 766. The van der Waals surface area contributed by atoms with Crippen molar-refractivity contribution in [1.82, 2.24) is 20.1 Å². The lowest BCUT2D eigenvalue weighted by atomic mass is 9.96. The summed E-state index contributed by atoms with van der Waals surface area (Å²) in [6.07, 6.45) is 5.99. The molecule has 126 valence electrons. The number of amides is 1. The van der Waals surface area contributed by atoms with Gasteiger partial charge in [-0.1, -0.05) is 0 Å². The summed E-state index contributed by atoms with van der Waals surface area (Å²) in [5.41, 5.74) is 2.84. The average Bonchev–Trinajstić information content (AvgIpc) is 2.99. The molecule has 1 aliphatic carbocycles. The Kier molecular flexibility index (Phi) is 3.70. The molecule has 1 amide bonds. The number of carbonyl (C=O) groups is 1. The van der Waals surface area contributed by atoms with Crippen LogP contribution in [0.25, 0.3) is 0 Å². The van der Waals surface area contributed by atoms with Gasteiger partial charge in [-0.15, -0.1) is 5.10 Å². The number of nitrogens with zero attached hydrogens (tertiary/aromatic N) is 5. The Balaban J connectivity index is 1.40. The van der Waals surface area contributed by atoms with Crippen LogP contribution < -0.4 is 4.90 Å². The van der Waals surface area contributed by atoms with Gasteiger partial charge in [0, 0.05) is 27.1 Å². The van der Waals surface area contributed by atoms with Crippen molar-refractivity contribution in [2.75, 3.05) is 25.0 Å². The van der Waals surface area contributed by atoms with Crippen molar-refractivity contribution in [2.45, 2.75) is 38.6 Å². The Morgan fingerprint density at radius 3 is 2.83 bits per heavy atom. The van der Waals surface area contributed by atoms with Crippen LogP contribution in [0.5, 0.6) is 0 Å². The summed E-state index contributed by atoms with van der Waals surface area (Å²) in [7, 11) is 1.81. The molecule has 0 aromatic carbocycles. The van der Waals surface area contributed by atoms with E-state index in [1.165, 1.54) is 24.7 Å². The molecule has 1 fully saturated rings. The SMILES string of the molecule is Cc1nc(C(=O)N(C)C2CN(c3cc4c(nn3)CCCC4)C2)co1.